The summed E-state index contributed by atoms with van der Waals surface area (Å²) in [5.41, 5.74) is 7.44. The van der Waals surface area contributed by atoms with Crippen LogP contribution in [0.1, 0.15) is 30.7 Å². The molecule has 3 aliphatic rings. The lowest BCUT2D eigenvalue weighted by Gasteiger charge is -2.22. The lowest BCUT2D eigenvalue weighted by atomic mass is 9.90. The van der Waals surface area contributed by atoms with Crippen molar-refractivity contribution in [2.45, 2.75) is 43.5 Å². The molecule has 0 radical (unpaired) electrons. The predicted octanol–water partition coefficient (Wildman–Crippen LogP) is 6.38. The third-order valence-corrected chi connectivity index (χ3v) is 8.18. The van der Waals surface area contributed by atoms with Gasteiger partial charge in [-0.3, -0.25) is 0 Å². The van der Waals surface area contributed by atoms with Gasteiger partial charge < -0.3 is 23.9 Å². The summed E-state index contributed by atoms with van der Waals surface area (Å²) in [6, 6.07) is 21.9. The van der Waals surface area contributed by atoms with E-state index in [1.165, 1.54) is 16.7 Å². The summed E-state index contributed by atoms with van der Waals surface area (Å²) in [6.07, 6.45) is 3.08. The van der Waals surface area contributed by atoms with Gasteiger partial charge in [-0.2, -0.15) is 4.98 Å². The van der Waals surface area contributed by atoms with E-state index < -0.39 is 0 Å². The molecular weight excluding hydrogens is 488 g/mol. The highest BCUT2D eigenvalue weighted by molar-refractivity contribution is 6.34. The Bertz CT molecular complexity index is 1400. The van der Waals surface area contributed by atoms with Gasteiger partial charge in [0.2, 0.25) is 0 Å². The fraction of sp³-hybridized carbons (Fsp3) is 0.367. The zero-order chi connectivity index (χ0) is 24.8. The molecule has 7 heteroatoms. The molecule has 1 aromatic heterocycles. The van der Waals surface area contributed by atoms with Crippen LogP contribution in [0.3, 0.4) is 0 Å². The summed E-state index contributed by atoms with van der Waals surface area (Å²) in [4.78, 5) is 7.92. The summed E-state index contributed by atoms with van der Waals surface area (Å²) in [6.45, 7) is 2.96. The molecule has 0 spiro atoms. The second kappa shape index (κ2) is 9.76. The van der Waals surface area contributed by atoms with Crippen LogP contribution in [0.25, 0.3) is 33.3 Å². The van der Waals surface area contributed by atoms with Gasteiger partial charge in [0.05, 0.1) is 28.8 Å². The molecule has 0 bridgehead atoms. The smallest absolute Gasteiger partial charge is 0.295 e. The second-order valence-corrected chi connectivity index (χ2v) is 10.5. The first-order valence-corrected chi connectivity index (χ1v) is 13.5. The third-order valence-electron chi connectivity index (χ3n) is 7.86. The van der Waals surface area contributed by atoms with Crippen LogP contribution in [0.4, 0.5) is 0 Å². The van der Waals surface area contributed by atoms with Crippen molar-refractivity contribution in [1.82, 2.24) is 9.97 Å². The van der Waals surface area contributed by atoms with E-state index in [4.69, 9.17) is 30.5 Å². The van der Waals surface area contributed by atoms with Gasteiger partial charge in [0, 0.05) is 25.4 Å². The molecule has 4 heterocycles. The van der Waals surface area contributed by atoms with Crippen molar-refractivity contribution < 1.29 is 18.9 Å². The van der Waals surface area contributed by atoms with E-state index in [0.29, 0.717) is 30.2 Å². The summed E-state index contributed by atoms with van der Waals surface area (Å²) in [7, 11) is 0. The van der Waals surface area contributed by atoms with Gasteiger partial charge in [-0.15, -0.1) is 0 Å². The number of hydrogen-bond donors (Lipinski definition) is 1. The number of benzene rings is 3. The molecule has 0 aliphatic carbocycles. The van der Waals surface area contributed by atoms with E-state index in [9.17, 15) is 0 Å². The largest absolute Gasteiger partial charge is 0.456 e. The van der Waals surface area contributed by atoms with Crippen LogP contribution in [0, 0.1) is 0 Å². The van der Waals surface area contributed by atoms with E-state index in [-0.39, 0.29) is 18.3 Å². The van der Waals surface area contributed by atoms with Crippen molar-refractivity contribution in [3.63, 3.8) is 0 Å². The number of hydrogen-bond acceptors (Lipinski definition) is 5. The molecule has 6 nitrogen and oxygen atoms in total. The third kappa shape index (κ3) is 4.53. The highest BCUT2D eigenvalue weighted by Crippen LogP contribution is 2.35. The molecule has 3 atom stereocenters. The maximum Gasteiger partial charge on any atom is 0.295 e. The summed E-state index contributed by atoms with van der Waals surface area (Å²) in [5, 5.41) is 0.666. The zero-order valence-corrected chi connectivity index (χ0v) is 21.2. The average Bonchev–Trinajstić information content (AvgIpc) is 3.66. The van der Waals surface area contributed by atoms with Crippen molar-refractivity contribution in [1.29, 1.82) is 0 Å². The fourth-order valence-corrected chi connectivity index (χ4v) is 6.05. The quantitative estimate of drug-likeness (QED) is 0.333. The van der Waals surface area contributed by atoms with Crippen LogP contribution in [0.5, 0.6) is 6.01 Å². The lowest BCUT2D eigenvalue weighted by Crippen LogP contribution is -2.32. The first-order chi connectivity index (χ1) is 18.2. The van der Waals surface area contributed by atoms with E-state index in [0.717, 1.165) is 54.6 Å². The Labute approximate surface area is 220 Å². The van der Waals surface area contributed by atoms with E-state index >= 15 is 0 Å². The summed E-state index contributed by atoms with van der Waals surface area (Å²) in [5.74, 6) is 0.606. The Kier molecular flexibility index (Phi) is 6.13. The molecule has 7 rings (SSSR count). The van der Waals surface area contributed by atoms with Gasteiger partial charge in [-0.25, -0.2) is 0 Å². The Hall–Kier alpha value is -2.90. The molecule has 4 aromatic rings. The fourth-order valence-electron chi connectivity index (χ4n) is 5.78. The van der Waals surface area contributed by atoms with Crippen molar-refractivity contribution >= 4 is 22.6 Å². The number of halogens is 1. The molecule has 1 N–H and O–H groups in total. The molecule has 3 aliphatic heterocycles. The van der Waals surface area contributed by atoms with Gasteiger partial charge in [-0.1, -0.05) is 60.1 Å². The van der Waals surface area contributed by atoms with Gasteiger partial charge in [0.25, 0.3) is 6.01 Å². The number of aromatic amines is 1. The van der Waals surface area contributed by atoms with Crippen molar-refractivity contribution in [3.8, 4) is 28.3 Å². The highest BCUT2D eigenvalue weighted by atomic mass is 35.5. The normalized spacial score (nSPS) is 24.0. The minimum atomic E-state index is -0.152. The van der Waals surface area contributed by atoms with Crippen LogP contribution < -0.4 is 4.74 Å². The first-order valence-electron chi connectivity index (χ1n) is 13.1. The second-order valence-electron chi connectivity index (χ2n) is 10.1. The van der Waals surface area contributed by atoms with Gasteiger partial charge in [0.1, 0.15) is 6.10 Å². The predicted molar refractivity (Wildman–Crippen MR) is 143 cm³/mol. The number of rotatable bonds is 5. The van der Waals surface area contributed by atoms with Crippen LogP contribution in [0.15, 0.2) is 60.7 Å². The monoisotopic (exact) mass is 516 g/mol. The van der Waals surface area contributed by atoms with E-state index in [2.05, 4.69) is 58.5 Å². The number of nitrogens with one attached hydrogen (secondary N) is 1. The van der Waals surface area contributed by atoms with E-state index in [1.807, 2.05) is 12.1 Å². The number of H-pyrrole nitrogens is 1. The molecular formula is C30H29ClN2O4. The highest BCUT2D eigenvalue weighted by Gasteiger charge is 2.43. The Morgan fingerprint density at radius 3 is 2.35 bits per heavy atom. The maximum atomic E-state index is 6.70. The molecule has 190 valence electrons. The number of aromatic nitrogens is 2. The lowest BCUT2D eigenvalue weighted by molar-refractivity contribution is 0.0273. The van der Waals surface area contributed by atoms with Crippen LogP contribution >= 0.6 is 11.6 Å². The van der Waals surface area contributed by atoms with Crippen LogP contribution in [0.2, 0.25) is 5.02 Å². The van der Waals surface area contributed by atoms with E-state index in [1.54, 1.807) is 0 Å². The first kappa shape index (κ1) is 23.2. The van der Waals surface area contributed by atoms with Gasteiger partial charge >= 0.3 is 0 Å². The molecule has 3 saturated heterocycles. The average molecular weight is 517 g/mol. The Morgan fingerprint density at radius 2 is 1.57 bits per heavy atom. The molecule has 3 aromatic carbocycles. The summed E-state index contributed by atoms with van der Waals surface area (Å²) >= 11 is 6.70. The number of nitrogens with zero attached hydrogens (tertiary/aromatic N) is 1. The minimum absolute atomic E-state index is 0.0241. The molecule has 3 fully saturated rings. The van der Waals surface area contributed by atoms with Crippen LogP contribution in [-0.4, -0.2) is 54.7 Å². The Morgan fingerprint density at radius 1 is 0.838 bits per heavy atom. The Balaban J connectivity index is 1.09. The number of ether oxygens (including phenoxy) is 4. The standard InChI is InChI=1S/C30H29ClN2O4/c31-24-16-26-25(32-30(33-26)37-28-17-36-27-11-14-35-29(27)28)15-23(24)22-7-5-19(6-8-22)18-1-3-20(4-2-18)21-9-12-34-13-10-21/h1-8,15-16,21,27-29H,9-14,17H2,(H,32,33). The van der Waals surface area contributed by atoms with Crippen molar-refractivity contribution in [2.24, 2.45) is 0 Å². The number of imidazole rings is 1. The van der Waals surface area contributed by atoms with Crippen molar-refractivity contribution in [2.75, 3.05) is 26.4 Å². The van der Waals surface area contributed by atoms with Gasteiger partial charge in [0.15, 0.2) is 6.10 Å². The van der Waals surface area contributed by atoms with Crippen molar-refractivity contribution in [3.05, 3.63) is 71.2 Å². The maximum absolute atomic E-state index is 6.70. The summed E-state index contributed by atoms with van der Waals surface area (Å²) < 4.78 is 23.2. The van der Waals surface area contributed by atoms with Crippen LogP contribution in [-0.2, 0) is 14.2 Å². The molecule has 0 amide bonds. The SMILES string of the molecule is Clc1cc2[nH]c(OC3COC4CCOC43)nc2cc1-c1ccc(-c2ccc(C3CCOCC3)cc2)cc1. The molecule has 0 saturated carbocycles. The number of fused-ring (bicyclic) bond motifs is 2. The zero-order valence-electron chi connectivity index (χ0n) is 20.5. The molecule has 3 unspecified atom stereocenters. The van der Waals surface area contributed by atoms with Gasteiger partial charge in [-0.05, 0) is 59.6 Å². The molecule has 37 heavy (non-hydrogen) atoms. The topological polar surface area (TPSA) is 65.6 Å². The minimum Gasteiger partial charge on any atom is -0.456 e.